The zero-order valence-electron chi connectivity index (χ0n) is 9.25. The molecule has 0 aliphatic carbocycles. The molecule has 0 saturated carbocycles. The minimum atomic E-state index is -1.36. The van der Waals surface area contributed by atoms with Gasteiger partial charge >= 0.3 is 11.8 Å². The lowest BCUT2D eigenvalue weighted by molar-refractivity contribution is 0.178. The summed E-state index contributed by atoms with van der Waals surface area (Å²) in [5.74, 6) is 0.387. The van der Waals surface area contributed by atoms with Crippen LogP contribution in [0.15, 0.2) is 11.0 Å². The first kappa shape index (κ1) is 11.3. The smallest absolute Gasteiger partial charge is 0.420 e. The van der Waals surface area contributed by atoms with E-state index >= 15 is 0 Å². The first-order valence-electron chi connectivity index (χ1n) is 4.72. The van der Waals surface area contributed by atoms with Crippen LogP contribution in [-0.4, -0.2) is 37.4 Å². The number of rotatable bonds is 2. The van der Waals surface area contributed by atoms with Gasteiger partial charge in [-0.2, -0.15) is 4.57 Å². The molecule has 1 N–H and O–H groups in total. The van der Waals surface area contributed by atoms with Crippen LogP contribution in [0, 0.1) is 0 Å². The lowest BCUT2D eigenvalue weighted by atomic mass is 10.5. The van der Waals surface area contributed by atoms with E-state index in [2.05, 4.69) is 9.97 Å². The molecule has 0 aliphatic heterocycles. The Balaban J connectivity index is 2.76. The number of hydrogen-bond acceptors (Lipinski definition) is 5. The summed E-state index contributed by atoms with van der Waals surface area (Å²) in [5, 5.41) is 8.92. The van der Waals surface area contributed by atoms with E-state index in [1.807, 2.05) is 0 Å². The number of methoxy groups -OCH3 is 1. The monoisotopic (exact) mass is 238 g/mol. The van der Waals surface area contributed by atoms with Crippen LogP contribution in [0.25, 0.3) is 11.2 Å². The van der Waals surface area contributed by atoms with Gasteiger partial charge in [-0.1, -0.05) is 0 Å². The van der Waals surface area contributed by atoms with Crippen molar-refractivity contribution in [1.82, 2.24) is 19.1 Å². The first-order chi connectivity index (χ1) is 8.06. The molecule has 0 aromatic carbocycles. The molecule has 2 aromatic heterocycles. The third-order valence-electron chi connectivity index (χ3n) is 2.30. The van der Waals surface area contributed by atoms with Crippen molar-refractivity contribution >= 4 is 17.3 Å². The Morgan fingerprint density at radius 2 is 2.29 bits per heavy atom. The fourth-order valence-corrected chi connectivity index (χ4v) is 1.53. The van der Waals surface area contributed by atoms with E-state index in [0.717, 1.165) is 4.57 Å². The van der Waals surface area contributed by atoms with Gasteiger partial charge in [0, 0.05) is 14.2 Å². The molecule has 0 amide bonds. The van der Waals surface area contributed by atoms with Gasteiger partial charge in [0.15, 0.2) is 11.5 Å². The minimum Gasteiger partial charge on any atom is -0.464 e. The number of nitrogens with zero attached hydrogens (tertiary/aromatic N) is 4. The van der Waals surface area contributed by atoms with Crippen molar-refractivity contribution < 1.29 is 14.6 Å². The summed E-state index contributed by atoms with van der Waals surface area (Å²) in [6.45, 7) is 0.197. The van der Waals surface area contributed by atoms with Crippen molar-refractivity contribution in [2.24, 2.45) is 7.05 Å². The van der Waals surface area contributed by atoms with Crippen LogP contribution < -0.4 is 5.69 Å². The zero-order valence-corrected chi connectivity index (χ0v) is 9.25. The van der Waals surface area contributed by atoms with Crippen molar-refractivity contribution in [2.75, 3.05) is 7.11 Å². The molecule has 8 heteroatoms. The van der Waals surface area contributed by atoms with E-state index < -0.39 is 11.8 Å². The van der Waals surface area contributed by atoms with Crippen LogP contribution in [0.1, 0.15) is 5.82 Å². The summed E-state index contributed by atoms with van der Waals surface area (Å²) in [4.78, 5) is 30.6. The molecule has 2 aromatic rings. The Bertz CT molecular complexity index is 642. The fraction of sp³-hybridized carbons (Fsp3) is 0.333. The zero-order chi connectivity index (χ0) is 12.6. The van der Waals surface area contributed by atoms with Gasteiger partial charge in [0.05, 0.1) is 6.20 Å². The van der Waals surface area contributed by atoms with Crippen LogP contribution in [0.5, 0.6) is 0 Å². The largest absolute Gasteiger partial charge is 0.464 e. The molecule has 0 bridgehead atoms. The highest BCUT2D eigenvalue weighted by molar-refractivity contribution is 5.83. The van der Waals surface area contributed by atoms with E-state index in [9.17, 15) is 9.59 Å². The molecule has 8 nitrogen and oxygen atoms in total. The minimum absolute atomic E-state index is 0.157. The number of carboxylic acid groups (broad SMARTS) is 1. The third-order valence-corrected chi connectivity index (χ3v) is 2.30. The number of aryl methyl sites for hydroxylation is 1. The Hall–Kier alpha value is -2.22. The second-order valence-corrected chi connectivity index (χ2v) is 3.39. The second kappa shape index (κ2) is 3.98. The van der Waals surface area contributed by atoms with E-state index in [1.54, 1.807) is 0 Å². The summed E-state index contributed by atoms with van der Waals surface area (Å²) in [6, 6.07) is 0. The Morgan fingerprint density at radius 1 is 1.59 bits per heavy atom. The van der Waals surface area contributed by atoms with Crippen LogP contribution in [0.4, 0.5) is 4.79 Å². The molecule has 0 fully saturated rings. The highest BCUT2D eigenvalue weighted by atomic mass is 16.5. The molecule has 0 unspecified atom stereocenters. The van der Waals surface area contributed by atoms with Crippen LogP contribution >= 0.6 is 0 Å². The van der Waals surface area contributed by atoms with E-state index in [0.29, 0.717) is 10.4 Å². The van der Waals surface area contributed by atoms with Gasteiger partial charge in [0.1, 0.15) is 12.1 Å². The molecule has 0 saturated heterocycles. The van der Waals surface area contributed by atoms with E-state index in [1.165, 1.54) is 20.4 Å². The SMILES string of the molecule is COCc1ncc2c(n1)n(C)c(=O)n2C(=O)O. The third kappa shape index (κ3) is 1.68. The summed E-state index contributed by atoms with van der Waals surface area (Å²) in [5.41, 5.74) is -0.249. The molecular weight excluding hydrogens is 228 g/mol. The van der Waals surface area contributed by atoms with Crippen molar-refractivity contribution in [3.63, 3.8) is 0 Å². The summed E-state index contributed by atoms with van der Waals surface area (Å²) < 4.78 is 6.63. The molecule has 0 radical (unpaired) electrons. The first-order valence-corrected chi connectivity index (χ1v) is 4.72. The Morgan fingerprint density at radius 3 is 2.88 bits per heavy atom. The van der Waals surface area contributed by atoms with Crippen LogP contribution in [-0.2, 0) is 18.4 Å². The lowest BCUT2D eigenvalue weighted by Crippen LogP contribution is -2.26. The molecule has 90 valence electrons. The average Bonchev–Trinajstić information content (AvgIpc) is 2.53. The summed E-state index contributed by atoms with van der Waals surface area (Å²) >= 11 is 0. The van der Waals surface area contributed by atoms with Crippen molar-refractivity contribution in [1.29, 1.82) is 0 Å². The summed E-state index contributed by atoms with van der Waals surface area (Å²) in [6.07, 6.45) is -0.0599. The molecule has 0 spiro atoms. The van der Waals surface area contributed by atoms with Crippen LogP contribution in [0.2, 0.25) is 0 Å². The number of imidazole rings is 1. The number of hydrogen-bond donors (Lipinski definition) is 1. The van der Waals surface area contributed by atoms with Crippen molar-refractivity contribution in [2.45, 2.75) is 6.61 Å². The van der Waals surface area contributed by atoms with E-state index in [-0.39, 0.29) is 17.8 Å². The van der Waals surface area contributed by atoms with Gasteiger partial charge in [0.2, 0.25) is 0 Å². The normalized spacial score (nSPS) is 10.9. The Kier molecular flexibility index (Phi) is 2.64. The van der Waals surface area contributed by atoms with Crippen molar-refractivity contribution in [3.8, 4) is 0 Å². The van der Waals surface area contributed by atoms with E-state index in [4.69, 9.17) is 9.84 Å². The standard InChI is InChI=1S/C9H10N4O4/c1-12-7-5(13(8(12)14)9(15)16)3-10-6(11-7)4-17-2/h3H,4H2,1-2H3,(H,15,16). The molecule has 17 heavy (non-hydrogen) atoms. The maximum atomic E-state index is 11.6. The van der Waals surface area contributed by atoms with Gasteiger partial charge in [-0.25, -0.2) is 19.6 Å². The quantitative estimate of drug-likeness (QED) is 0.777. The van der Waals surface area contributed by atoms with Gasteiger partial charge < -0.3 is 9.84 Å². The molecule has 0 aliphatic rings. The number of aromatic nitrogens is 4. The van der Waals surface area contributed by atoms with Gasteiger partial charge in [-0.05, 0) is 0 Å². The average molecular weight is 238 g/mol. The molecule has 2 heterocycles. The highest BCUT2D eigenvalue weighted by Crippen LogP contribution is 2.08. The number of carbonyl (C=O) groups is 1. The molecule has 0 atom stereocenters. The topological polar surface area (TPSA) is 99.2 Å². The lowest BCUT2D eigenvalue weighted by Gasteiger charge is -1.98. The molecular formula is C9H10N4O4. The van der Waals surface area contributed by atoms with Crippen LogP contribution in [0.3, 0.4) is 0 Å². The van der Waals surface area contributed by atoms with Gasteiger partial charge in [-0.15, -0.1) is 0 Å². The van der Waals surface area contributed by atoms with Gasteiger partial charge in [-0.3, -0.25) is 4.57 Å². The molecule has 2 rings (SSSR count). The summed E-state index contributed by atoms with van der Waals surface area (Å²) in [7, 11) is 2.95. The fourth-order valence-electron chi connectivity index (χ4n) is 1.53. The maximum Gasteiger partial charge on any atom is 0.420 e. The highest BCUT2D eigenvalue weighted by Gasteiger charge is 2.17. The Labute approximate surface area is 95.1 Å². The predicted octanol–water partition coefficient (Wildman–Crippen LogP) is -0.198. The van der Waals surface area contributed by atoms with Crippen molar-refractivity contribution in [3.05, 3.63) is 22.5 Å². The predicted molar refractivity (Wildman–Crippen MR) is 56.9 cm³/mol. The van der Waals surface area contributed by atoms with Gasteiger partial charge in [0.25, 0.3) is 0 Å². The second-order valence-electron chi connectivity index (χ2n) is 3.39. The number of fused-ring (bicyclic) bond motifs is 1. The maximum absolute atomic E-state index is 11.6. The number of ether oxygens (including phenoxy) is 1.